The summed E-state index contributed by atoms with van der Waals surface area (Å²) in [6, 6.07) is 5.90. The van der Waals surface area contributed by atoms with Crippen molar-refractivity contribution in [2.75, 3.05) is 0 Å². The lowest BCUT2D eigenvalue weighted by atomic mass is 10.2. The molecule has 2 nitrogen and oxygen atoms in total. The van der Waals surface area contributed by atoms with Gasteiger partial charge in [-0.05, 0) is 30.7 Å². The zero-order valence-electron chi connectivity index (χ0n) is 7.24. The van der Waals surface area contributed by atoms with Crippen molar-refractivity contribution in [1.82, 2.24) is 9.55 Å². The highest BCUT2D eigenvalue weighted by molar-refractivity contribution is 6.31. The highest BCUT2D eigenvalue weighted by atomic mass is 35.5. The van der Waals surface area contributed by atoms with Gasteiger partial charge in [-0.25, -0.2) is 4.98 Å². The molecular weight excluding hydrogens is 184 g/mol. The van der Waals surface area contributed by atoms with Gasteiger partial charge in [-0.3, -0.25) is 0 Å². The van der Waals surface area contributed by atoms with Gasteiger partial charge in [0, 0.05) is 23.1 Å². The first-order chi connectivity index (χ1) is 6.27. The van der Waals surface area contributed by atoms with Crippen molar-refractivity contribution < 1.29 is 0 Å². The van der Waals surface area contributed by atoms with Crippen molar-refractivity contribution in [3.8, 4) is 5.69 Å². The molecule has 0 atom stereocenters. The van der Waals surface area contributed by atoms with E-state index < -0.39 is 0 Å². The van der Waals surface area contributed by atoms with Crippen LogP contribution < -0.4 is 0 Å². The van der Waals surface area contributed by atoms with Crippen LogP contribution in [0.5, 0.6) is 0 Å². The minimum Gasteiger partial charge on any atom is -0.306 e. The lowest BCUT2D eigenvalue weighted by molar-refractivity contribution is 1.05. The van der Waals surface area contributed by atoms with Crippen molar-refractivity contribution in [2.24, 2.45) is 0 Å². The van der Waals surface area contributed by atoms with Gasteiger partial charge in [-0.15, -0.1) is 0 Å². The van der Waals surface area contributed by atoms with Crippen LogP contribution in [-0.4, -0.2) is 9.55 Å². The Bertz CT molecular complexity index is 407. The number of benzene rings is 1. The Hall–Kier alpha value is -1.28. The Kier molecular flexibility index (Phi) is 2.07. The largest absolute Gasteiger partial charge is 0.306 e. The summed E-state index contributed by atoms with van der Waals surface area (Å²) in [6.07, 6.45) is 5.43. The van der Waals surface area contributed by atoms with E-state index in [1.54, 1.807) is 12.5 Å². The number of aromatic nitrogens is 2. The predicted molar refractivity (Wildman–Crippen MR) is 53.3 cm³/mol. The second kappa shape index (κ2) is 3.23. The van der Waals surface area contributed by atoms with E-state index in [4.69, 9.17) is 11.6 Å². The van der Waals surface area contributed by atoms with Gasteiger partial charge in [-0.2, -0.15) is 0 Å². The first kappa shape index (κ1) is 8.32. The van der Waals surface area contributed by atoms with E-state index in [9.17, 15) is 0 Å². The molecule has 0 amide bonds. The van der Waals surface area contributed by atoms with E-state index in [0.717, 1.165) is 16.3 Å². The van der Waals surface area contributed by atoms with Crippen LogP contribution in [0.25, 0.3) is 5.69 Å². The number of nitrogens with zero attached hydrogens (tertiary/aromatic N) is 2. The monoisotopic (exact) mass is 192 g/mol. The summed E-state index contributed by atoms with van der Waals surface area (Å²) in [7, 11) is 0. The summed E-state index contributed by atoms with van der Waals surface area (Å²) in [5.74, 6) is 0. The molecule has 0 aliphatic rings. The number of imidazole rings is 1. The smallest absolute Gasteiger partial charge is 0.0991 e. The fourth-order valence-corrected chi connectivity index (χ4v) is 1.32. The summed E-state index contributed by atoms with van der Waals surface area (Å²) in [5, 5.41) is 0.795. The molecular formula is C10H9ClN2. The molecule has 2 rings (SSSR count). The Morgan fingerprint density at radius 1 is 1.38 bits per heavy atom. The maximum absolute atomic E-state index is 5.92. The molecule has 1 aromatic carbocycles. The molecule has 1 heterocycles. The topological polar surface area (TPSA) is 17.8 Å². The molecule has 0 saturated carbocycles. The molecule has 2 aromatic rings. The van der Waals surface area contributed by atoms with Gasteiger partial charge in [-0.1, -0.05) is 11.6 Å². The van der Waals surface area contributed by atoms with Gasteiger partial charge in [0.25, 0.3) is 0 Å². The van der Waals surface area contributed by atoms with Crippen LogP contribution in [0.4, 0.5) is 0 Å². The van der Waals surface area contributed by atoms with Crippen molar-refractivity contribution >= 4 is 11.6 Å². The molecule has 0 bridgehead atoms. The second-order valence-corrected chi connectivity index (χ2v) is 3.31. The van der Waals surface area contributed by atoms with Crippen LogP contribution in [0.15, 0.2) is 36.9 Å². The molecule has 0 aliphatic heterocycles. The van der Waals surface area contributed by atoms with Crippen molar-refractivity contribution in [1.29, 1.82) is 0 Å². The average molecular weight is 193 g/mol. The lowest BCUT2D eigenvalue weighted by Gasteiger charge is -2.03. The van der Waals surface area contributed by atoms with Gasteiger partial charge in [0.05, 0.1) is 6.33 Å². The minimum absolute atomic E-state index is 0.795. The van der Waals surface area contributed by atoms with Crippen molar-refractivity contribution in [3.05, 3.63) is 47.5 Å². The summed E-state index contributed by atoms with van der Waals surface area (Å²) < 4.78 is 1.95. The van der Waals surface area contributed by atoms with Gasteiger partial charge < -0.3 is 4.57 Å². The van der Waals surface area contributed by atoms with Crippen LogP contribution in [0.3, 0.4) is 0 Å². The van der Waals surface area contributed by atoms with Gasteiger partial charge in [0.1, 0.15) is 0 Å². The fraction of sp³-hybridized carbons (Fsp3) is 0.100. The molecule has 0 fully saturated rings. The summed E-state index contributed by atoms with van der Waals surface area (Å²) in [5.41, 5.74) is 2.16. The fourth-order valence-electron chi connectivity index (χ4n) is 1.20. The quantitative estimate of drug-likeness (QED) is 0.680. The number of hydrogen-bond donors (Lipinski definition) is 0. The normalized spacial score (nSPS) is 10.3. The number of aryl methyl sites for hydroxylation is 1. The Morgan fingerprint density at radius 2 is 2.23 bits per heavy atom. The van der Waals surface area contributed by atoms with Gasteiger partial charge >= 0.3 is 0 Å². The molecule has 0 radical (unpaired) electrons. The van der Waals surface area contributed by atoms with E-state index >= 15 is 0 Å². The third-order valence-corrected chi connectivity index (χ3v) is 2.37. The first-order valence-corrected chi connectivity index (χ1v) is 4.39. The van der Waals surface area contributed by atoms with Gasteiger partial charge in [0.15, 0.2) is 0 Å². The van der Waals surface area contributed by atoms with Crippen molar-refractivity contribution in [2.45, 2.75) is 6.92 Å². The second-order valence-electron chi connectivity index (χ2n) is 2.90. The van der Waals surface area contributed by atoms with Crippen LogP contribution in [0, 0.1) is 6.92 Å². The molecule has 0 saturated heterocycles. The molecule has 66 valence electrons. The van der Waals surface area contributed by atoms with E-state index in [1.807, 2.05) is 35.9 Å². The summed E-state index contributed by atoms with van der Waals surface area (Å²) >= 11 is 5.92. The van der Waals surface area contributed by atoms with E-state index in [1.165, 1.54) is 0 Å². The number of halogens is 1. The highest BCUT2D eigenvalue weighted by Gasteiger charge is 1.98. The van der Waals surface area contributed by atoms with E-state index in [2.05, 4.69) is 4.98 Å². The number of hydrogen-bond acceptors (Lipinski definition) is 1. The third kappa shape index (κ3) is 1.58. The molecule has 3 heteroatoms. The van der Waals surface area contributed by atoms with Crippen LogP contribution >= 0.6 is 11.6 Å². The third-order valence-electron chi connectivity index (χ3n) is 1.94. The van der Waals surface area contributed by atoms with Crippen LogP contribution in [0.2, 0.25) is 5.02 Å². The molecule has 13 heavy (non-hydrogen) atoms. The maximum atomic E-state index is 5.92. The Balaban J connectivity index is 2.49. The van der Waals surface area contributed by atoms with Crippen LogP contribution in [0.1, 0.15) is 5.56 Å². The molecule has 0 unspecified atom stereocenters. The minimum atomic E-state index is 0.795. The molecule has 1 aromatic heterocycles. The zero-order valence-corrected chi connectivity index (χ0v) is 7.99. The van der Waals surface area contributed by atoms with Crippen molar-refractivity contribution in [3.63, 3.8) is 0 Å². The molecule has 0 spiro atoms. The number of rotatable bonds is 1. The average Bonchev–Trinajstić information content (AvgIpc) is 2.62. The summed E-state index contributed by atoms with van der Waals surface area (Å²) in [6.45, 7) is 1.99. The standard InChI is InChI=1S/C10H9ClN2/c1-8-6-9(2-3-10(8)11)13-5-4-12-7-13/h2-7H,1H3. The predicted octanol–water partition coefficient (Wildman–Crippen LogP) is 2.83. The van der Waals surface area contributed by atoms with Gasteiger partial charge in [0.2, 0.25) is 0 Å². The molecule has 0 aliphatic carbocycles. The Labute approximate surface area is 81.8 Å². The maximum Gasteiger partial charge on any atom is 0.0991 e. The lowest BCUT2D eigenvalue weighted by Crippen LogP contribution is -1.90. The van der Waals surface area contributed by atoms with E-state index in [0.29, 0.717) is 0 Å². The highest BCUT2D eigenvalue weighted by Crippen LogP contribution is 2.18. The SMILES string of the molecule is Cc1cc(-n2ccnc2)ccc1Cl. The zero-order chi connectivity index (χ0) is 9.26. The van der Waals surface area contributed by atoms with Crippen LogP contribution in [-0.2, 0) is 0 Å². The first-order valence-electron chi connectivity index (χ1n) is 4.02. The Morgan fingerprint density at radius 3 is 2.85 bits per heavy atom. The summed E-state index contributed by atoms with van der Waals surface area (Å²) in [4.78, 5) is 3.98. The molecule has 0 N–H and O–H groups in total. The van der Waals surface area contributed by atoms with E-state index in [-0.39, 0.29) is 0 Å².